The van der Waals surface area contributed by atoms with Crippen molar-refractivity contribution in [3.63, 3.8) is 0 Å². The summed E-state index contributed by atoms with van der Waals surface area (Å²) in [5.74, 6) is 3.22. The molecule has 0 radical (unpaired) electrons. The second-order valence-electron chi connectivity index (χ2n) is 8.66. The van der Waals surface area contributed by atoms with Crippen LogP contribution in [0.3, 0.4) is 0 Å². The molecule has 6 rings (SSSR count). The first kappa shape index (κ1) is 18.7. The largest absolute Gasteiger partial charge is 0.498 e. The predicted molar refractivity (Wildman–Crippen MR) is 115 cm³/mol. The number of rotatable bonds is 0. The molecule has 6 nitrogen and oxygen atoms in total. The van der Waals surface area contributed by atoms with Crippen LogP contribution in [0.15, 0.2) is 42.3 Å². The Bertz CT molecular complexity index is 909. The Hall–Kier alpha value is -2.34. The highest BCUT2D eigenvalue weighted by atomic mass is 16.5. The van der Waals surface area contributed by atoms with Crippen LogP contribution in [0.1, 0.15) is 44.2 Å². The molecule has 1 saturated heterocycles. The molecule has 6 heteroatoms. The molecule has 2 aromatic rings. The average molecular weight is 394 g/mol. The van der Waals surface area contributed by atoms with Gasteiger partial charge in [-0.2, -0.15) is 0 Å². The lowest BCUT2D eigenvalue weighted by Crippen LogP contribution is -2.36. The van der Waals surface area contributed by atoms with E-state index in [0.29, 0.717) is 0 Å². The molecule has 154 valence electrons. The summed E-state index contributed by atoms with van der Waals surface area (Å²) in [4.78, 5) is 7.21. The van der Waals surface area contributed by atoms with Gasteiger partial charge in [0.05, 0.1) is 24.3 Å². The van der Waals surface area contributed by atoms with Crippen molar-refractivity contribution in [2.24, 2.45) is 11.8 Å². The maximum Gasteiger partial charge on any atom is 0.153 e. The summed E-state index contributed by atoms with van der Waals surface area (Å²) in [5, 5.41) is 8.46. The van der Waals surface area contributed by atoms with E-state index in [9.17, 15) is 0 Å². The van der Waals surface area contributed by atoms with Gasteiger partial charge in [0.1, 0.15) is 5.82 Å². The molecule has 0 amide bonds. The number of fused-ring (bicyclic) bond motifs is 7. The lowest BCUT2D eigenvalue weighted by Gasteiger charge is -2.32. The van der Waals surface area contributed by atoms with Gasteiger partial charge in [-0.05, 0) is 69.4 Å². The van der Waals surface area contributed by atoms with Crippen LogP contribution in [0, 0.1) is 11.8 Å². The normalized spacial score (nSPS) is 30.3. The highest BCUT2D eigenvalue weighted by molar-refractivity contribution is 5.47. The number of ether oxygens (including phenoxy) is 1. The summed E-state index contributed by atoms with van der Waals surface area (Å²) in [6.07, 6.45) is 13.3. The fraction of sp³-hybridized carbons (Fsp3) is 0.565. The topological polar surface area (TPSA) is 54.7 Å². The third-order valence-electron chi connectivity index (χ3n) is 6.71. The zero-order valence-corrected chi connectivity index (χ0v) is 17.3. The number of hydrogen-bond acceptors (Lipinski definition) is 5. The van der Waals surface area contributed by atoms with Crippen LogP contribution < -0.4 is 5.32 Å². The second-order valence-corrected chi connectivity index (χ2v) is 8.66. The molecular weight excluding hydrogens is 362 g/mol. The van der Waals surface area contributed by atoms with Gasteiger partial charge in [0.25, 0.3) is 0 Å². The van der Waals surface area contributed by atoms with E-state index in [1.165, 1.54) is 38.9 Å². The van der Waals surface area contributed by atoms with E-state index in [1.54, 1.807) is 0 Å². The molecule has 0 spiro atoms. The molecule has 6 bridgehead atoms. The Morgan fingerprint density at radius 1 is 1.14 bits per heavy atom. The maximum atomic E-state index is 6.21. The minimum atomic E-state index is 0.216. The van der Waals surface area contributed by atoms with Crippen LogP contribution in [-0.4, -0.2) is 52.3 Å². The predicted octanol–water partition coefficient (Wildman–Crippen LogP) is 3.84. The third kappa shape index (κ3) is 3.90. The lowest BCUT2D eigenvalue weighted by atomic mass is 9.86. The molecule has 2 aromatic heterocycles. The van der Waals surface area contributed by atoms with Gasteiger partial charge < -0.3 is 15.0 Å². The quantitative estimate of drug-likeness (QED) is 0.737. The lowest BCUT2D eigenvalue weighted by molar-refractivity contribution is 0.154. The highest BCUT2D eigenvalue weighted by Gasteiger charge is 2.27. The Morgan fingerprint density at radius 3 is 2.93 bits per heavy atom. The van der Waals surface area contributed by atoms with E-state index in [2.05, 4.69) is 46.4 Å². The number of piperidine rings is 1. The maximum absolute atomic E-state index is 6.21. The Labute approximate surface area is 172 Å². The smallest absolute Gasteiger partial charge is 0.153 e. The van der Waals surface area contributed by atoms with Crippen LogP contribution in [0.2, 0.25) is 0 Å². The molecule has 29 heavy (non-hydrogen) atoms. The van der Waals surface area contributed by atoms with Gasteiger partial charge in [0, 0.05) is 18.4 Å². The summed E-state index contributed by atoms with van der Waals surface area (Å²) in [7, 11) is 0. The number of allylic oxidation sites excluding steroid dienone is 4. The van der Waals surface area contributed by atoms with Crippen LogP contribution in [0.4, 0.5) is 5.82 Å². The van der Waals surface area contributed by atoms with E-state index < -0.39 is 0 Å². The van der Waals surface area contributed by atoms with Gasteiger partial charge in [-0.1, -0.05) is 19.1 Å². The molecule has 1 N–H and O–H groups in total. The Kier molecular flexibility index (Phi) is 5.27. The van der Waals surface area contributed by atoms with Gasteiger partial charge in [0.2, 0.25) is 0 Å². The third-order valence-corrected chi connectivity index (χ3v) is 6.71. The summed E-state index contributed by atoms with van der Waals surface area (Å²) in [6, 6.07) is 4.11. The molecular formula is C23H31N5O. The molecule has 4 aliphatic rings. The van der Waals surface area contributed by atoms with Crippen molar-refractivity contribution in [3.8, 4) is 0 Å². The molecule has 2 unspecified atom stereocenters. The first-order chi connectivity index (χ1) is 14.3. The number of anilines is 1. The van der Waals surface area contributed by atoms with Crippen molar-refractivity contribution in [1.82, 2.24) is 19.5 Å². The standard InChI is InChI=1S/C23H31N5O/c1-17-19-5-4-6-21(17)29-14-3-2-11-27-12-9-18(10-13-27)15-24-22-7-8-23-25-16-20(19)28(23)26-22/h4-8,16-19H,2-3,9-15H2,1H3,(H,24,26). The van der Waals surface area contributed by atoms with E-state index in [-0.39, 0.29) is 11.8 Å². The highest BCUT2D eigenvalue weighted by Crippen LogP contribution is 2.35. The van der Waals surface area contributed by atoms with Gasteiger partial charge in [-0.15, -0.1) is 5.10 Å². The molecule has 1 fully saturated rings. The van der Waals surface area contributed by atoms with Gasteiger partial charge >= 0.3 is 0 Å². The first-order valence-corrected chi connectivity index (χ1v) is 11.1. The first-order valence-electron chi connectivity index (χ1n) is 11.1. The summed E-state index contributed by atoms with van der Waals surface area (Å²) >= 11 is 0. The van der Waals surface area contributed by atoms with E-state index >= 15 is 0 Å². The number of hydrogen-bond donors (Lipinski definition) is 1. The number of nitrogens with one attached hydrogen (secondary N) is 1. The summed E-state index contributed by atoms with van der Waals surface area (Å²) in [6.45, 7) is 7.64. The van der Waals surface area contributed by atoms with Gasteiger partial charge in [-0.25, -0.2) is 9.50 Å². The van der Waals surface area contributed by atoms with Crippen LogP contribution in [0.25, 0.3) is 5.65 Å². The average Bonchev–Trinajstić information content (AvgIpc) is 3.16. The minimum absolute atomic E-state index is 0.216. The monoisotopic (exact) mass is 393 g/mol. The van der Waals surface area contributed by atoms with Crippen molar-refractivity contribution in [2.75, 3.05) is 38.1 Å². The fourth-order valence-electron chi connectivity index (χ4n) is 4.80. The molecule has 0 saturated carbocycles. The van der Waals surface area contributed by atoms with Crippen molar-refractivity contribution in [3.05, 3.63) is 48.0 Å². The minimum Gasteiger partial charge on any atom is -0.498 e. The molecule has 5 heterocycles. The second kappa shape index (κ2) is 8.19. The van der Waals surface area contributed by atoms with Crippen molar-refractivity contribution >= 4 is 11.5 Å². The molecule has 1 aliphatic carbocycles. The van der Waals surface area contributed by atoms with Crippen LogP contribution in [-0.2, 0) is 4.74 Å². The summed E-state index contributed by atoms with van der Waals surface area (Å²) in [5.41, 5.74) is 2.02. The molecule has 3 aliphatic heterocycles. The molecule has 0 aromatic carbocycles. The SMILES string of the molecule is CC1C2=CC=CC1c1cnc3ccc(nn13)NCC1CCN(CCCCO2)CC1. The van der Waals surface area contributed by atoms with Gasteiger partial charge in [0.15, 0.2) is 5.65 Å². The number of nitrogens with zero attached hydrogens (tertiary/aromatic N) is 4. The number of aromatic nitrogens is 3. The van der Waals surface area contributed by atoms with E-state index in [0.717, 1.165) is 48.4 Å². The Morgan fingerprint density at radius 2 is 2.03 bits per heavy atom. The zero-order valence-electron chi connectivity index (χ0n) is 17.3. The zero-order chi connectivity index (χ0) is 19.6. The van der Waals surface area contributed by atoms with Crippen LogP contribution >= 0.6 is 0 Å². The van der Waals surface area contributed by atoms with Gasteiger partial charge in [-0.3, -0.25) is 0 Å². The van der Waals surface area contributed by atoms with Crippen molar-refractivity contribution < 1.29 is 4.74 Å². The van der Waals surface area contributed by atoms with Crippen LogP contribution in [0.5, 0.6) is 0 Å². The van der Waals surface area contributed by atoms with Crippen molar-refractivity contribution in [1.29, 1.82) is 0 Å². The number of imidazole rings is 1. The van der Waals surface area contributed by atoms with Crippen molar-refractivity contribution in [2.45, 2.75) is 38.5 Å². The molecule has 2 atom stereocenters. The fourth-order valence-corrected chi connectivity index (χ4v) is 4.80. The summed E-state index contributed by atoms with van der Waals surface area (Å²) < 4.78 is 8.21. The van der Waals surface area contributed by atoms with E-state index in [4.69, 9.17) is 9.84 Å². The Balaban J connectivity index is 1.44. The van der Waals surface area contributed by atoms with E-state index in [1.807, 2.05) is 16.8 Å².